The molecule has 1 saturated carbocycles. The number of benzene rings is 1. The minimum absolute atomic E-state index is 0. The molecular weight excluding hydrogens is 337 g/mol. The molecule has 0 aliphatic heterocycles. The summed E-state index contributed by atoms with van der Waals surface area (Å²) in [6, 6.07) is 6.77. The first-order valence-electron chi connectivity index (χ1n) is 7.50. The number of nitrogens with two attached hydrogens (primary N) is 1. The molecule has 2 atom stereocenters. The lowest BCUT2D eigenvalue weighted by atomic mass is 10.0. The van der Waals surface area contributed by atoms with Gasteiger partial charge in [-0.05, 0) is 36.5 Å². The molecule has 2 unspecified atom stereocenters. The van der Waals surface area contributed by atoms with E-state index >= 15 is 0 Å². The van der Waals surface area contributed by atoms with Crippen LogP contribution >= 0.6 is 24.0 Å². The van der Waals surface area contributed by atoms with Crippen molar-refractivity contribution in [2.75, 3.05) is 6.54 Å². The Morgan fingerprint density at radius 3 is 2.43 bits per heavy atom. The Morgan fingerprint density at radius 1 is 1.30 bits per heavy atom. The second-order valence-electron chi connectivity index (χ2n) is 5.81. The summed E-state index contributed by atoms with van der Waals surface area (Å²) in [6.45, 7) is 1.92. The first kappa shape index (κ1) is 19.7. The van der Waals surface area contributed by atoms with E-state index in [1.807, 2.05) is 12.1 Å². The van der Waals surface area contributed by atoms with E-state index in [0.29, 0.717) is 17.5 Å². The summed E-state index contributed by atoms with van der Waals surface area (Å²) in [5.41, 5.74) is 6.82. The highest BCUT2D eigenvalue weighted by Gasteiger charge is 2.28. The van der Waals surface area contributed by atoms with Gasteiger partial charge in [-0.25, -0.2) is 0 Å². The molecule has 128 valence electrons. The van der Waals surface area contributed by atoms with E-state index in [9.17, 15) is 9.59 Å². The Labute approximate surface area is 147 Å². The average molecular weight is 360 g/mol. The minimum atomic E-state index is -0.369. The van der Waals surface area contributed by atoms with Crippen LogP contribution in [0.5, 0.6) is 0 Å². The maximum Gasteiger partial charge on any atom is 0.222 e. The van der Waals surface area contributed by atoms with Crippen LogP contribution in [0.25, 0.3) is 0 Å². The number of carbonyl (C=O) groups excluding carboxylic acids is 2. The lowest BCUT2D eigenvalue weighted by Crippen LogP contribution is -2.40. The summed E-state index contributed by atoms with van der Waals surface area (Å²) >= 11 is 5.87. The van der Waals surface area contributed by atoms with E-state index in [1.54, 1.807) is 12.1 Å². The van der Waals surface area contributed by atoms with Crippen molar-refractivity contribution in [2.45, 2.75) is 38.3 Å². The van der Waals surface area contributed by atoms with Gasteiger partial charge in [-0.2, -0.15) is 0 Å². The molecule has 7 heteroatoms. The molecule has 1 fully saturated rings. The predicted octanol–water partition coefficient (Wildman–Crippen LogP) is 2.18. The van der Waals surface area contributed by atoms with E-state index in [-0.39, 0.29) is 42.7 Å². The highest BCUT2D eigenvalue weighted by molar-refractivity contribution is 6.30. The van der Waals surface area contributed by atoms with Gasteiger partial charge in [-0.15, -0.1) is 12.4 Å². The lowest BCUT2D eigenvalue weighted by Gasteiger charge is -2.19. The Kier molecular flexibility index (Phi) is 7.82. The maximum atomic E-state index is 12.1. The molecule has 4 N–H and O–H groups in total. The number of amides is 2. The van der Waals surface area contributed by atoms with E-state index in [4.69, 9.17) is 17.3 Å². The second-order valence-corrected chi connectivity index (χ2v) is 6.25. The molecule has 0 radical (unpaired) electrons. The zero-order chi connectivity index (χ0) is 16.1. The Bertz CT molecular complexity index is 533. The monoisotopic (exact) mass is 359 g/mol. The molecule has 23 heavy (non-hydrogen) atoms. The maximum absolute atomic E-state index is 12.1. The Balaban J connectivity index is 0.00000264. The molecule has 0 bridgehead atoms. The normalized spacial score (nSPS) is 16.0. The van der Waals surface area contributed by atoms with Crippen molar-refractivity contribution in [3.05, 3.63) is 34.9 Å². The molecule has 1 aliphatic rings. The fraction of sp³-hybridized carbons (Fsp3) is 0.500. The summed E-state index contributed by atoms with van der Waals surface area (Å²) < 4.78 is 0. The number of nitrogens with one attached hydrogen (secondary N) is 2. The average Bonchev–Trinajstić information content (AvgIpc) is 3.29. The molecule has 2 amide bonds. The van der Waals surface area contributed by atoms with Gasteiger partial charge in [0.2, 0.25) is 11.8 Å². The van der Waals surface area contributed by atoms with E-state index in [0.717, 1.165) is 18.4 Å². The third kappa shape index (κ3) is 6.77. The van der Waals surface area contributed by atoms with Gasteiger partial charge in [0.1, 0.15) is 0 Å². The summed E-state index contributed by atoms with van der Waals surface area (Å²) in [6.07, 6.45) is 2.48. The van der Waals surface area contributed by atoms with Crippen LogP contribution in [0.4, 0.5) is 0 Å². The van der Waals surface area contributed by atoms with E-state index < -0.39 is 0 Å². The summed E-state index contributed by atoms with van der Waals surface area (Å²) in [5, 5.41) is 6.26. The van der Waals surface area contributed by atoms with Crippen molar-refractivity contribution >= 4 is 35.8 Å². The molecule has 0 aromatic heterocycles. The topological polar surface area (TPSA) is 84.2 Å². The second kappa shape index (κ2) is 9.11. The van der Waals surface area contributed by atoms with Crippen molar-refractivity contribution in [2.24, 2.45) is 11.7 Å². The number of carbonyl (C=O) groups is 2. The zero-order valence-electron chi connectivity index (χ0n) is 13.0. The SMILES string of the molecule is CC(=O)NC(CC(=O)NCC(N)C1CC1)c1ccc(Cl)cc1.Cl. The zero-order valence-corrected chi connectivity index (χ0v) is 14.6. The van der Waals surface area contributed by atoms with Gasteiger partial charge >= 0.3 is 0 Å². The van der Waals surface area contributed by atoms with E-state index in [2.05, 4.69) is 10.6 Å². The minimum Gasteiger partial charge on any atom is -0.354 e. The molecule has 0 spiro atoms. The molecule has 1 aliphatic carbocycles. The van der Waals surface area contributed by atoms with Gasteiger partial charge in [0.25, 0.3) is 0 Å². The van der Waals surface area contributed by atoms with Crippen LogP contribution in [-0.4, -0.2) is 24.4 Å². The molecule has 1 aromatic rings. The number of hydrogen-bond donors (Lipinski definition) is 3. The highest BCUT2D eigenvalue weighted by atomic mass is 35.5. The summed E-state index contributed by atoms with van der Waals surface area (Å²) in [4.78, 5) is 23.4. The van der Waals surface area contributed by atoms with Crippen LogP contribution in [0.15, 0.2) is 24.3 Å². The van der Waals surface area contributed by atoms with Crippen molar-refractivity contribution in [3.63, 3.8) is 0 Å². The standard InChI is InChI=1S/C16H22ClN3O2.ClH/c1-10(21)20-15(12-4-6-13(17)7-5-12)8-16(22)19-9-14(18)11-2-3-11;/h4-7,11,14-15H,2-3,8-9,18H2,1H3,(H,19,22)(H,20,21);1H. The lowest BCUT2D eigenvalue weighted by molar-refractivity contribution is -0.122. The van der Waals surface area contributed by atoms with Crippen molar-refractivity contribution < 1.29 is 9.59 Å². The molecule has 1 aromatic carbocycles. The smallest absolute Gasteiger partial charge is 0.222 e. The third-order valence-corrected chi connectivity index (χ3v) is 4.05. The fourth-order valence-electron chi connectivity index (χ4n) is 2.37. The third-order valence-electron chi connectivity index (χ3n) is 3.80. The fourth-order valence-corrected chi connectivity index (χ4v) is 2.50. The van der Waals surface area contributed by atoms with Crippen LogP contribution in [0, 0.1) is 5.92 Å². The molecule has 2 rings (SSSR count). The molecular formula is C16H23Cl2N3O2. The van der Waals surface area contributed by atoms with Crippen LogP contribution in [-0.2, 0) is 9.59 Å². The Morgan fingerprint density at radius 2 is 1.91 bits per heavy atom. The van der Waals surface area contributed by atoms with Crippen LogP contribution in [0.3, 0.4) is 0 Å². The van der Waals surface area contributed by atoms with Gasteiger partial charge in [0, 0.05) is 24.5 Å². The quantitative estimate of drug-likeness (QED) is 0.697. The first-order valence-corrected chi connectivity index (χ1v) is 7.88. The number of rotatable bonds is 7. The molecule has 0 heterocycles. The number of hydrogen-bond acceptors (Lipinski definition) is 3. The van der Waals surface area contributed by atoms with Crippen molar-refractivity contribution in [1.82, 2.24) is 10.6 Å². The van der Waals surface area contributed by atoms with Crippen LogP contribution in [0.2, 0.25) is 5.02 Å². The van der Waals surface area contributed by atoms with Gasteiger partial charge in [-0.1, -0.05) is 23.7 Å². The van der Waals surface area contributed by atoms with Crippen LogP contribution < -0.4 is 16.4 Å². The molecule has 0 saturated heterocycles. The van der Waals surface area contributed by atoms with Crippen LogP contribution in [0.1, 0.15) is 37.8 Å². The predicted molar refractivity (Wildman–Crippen MR) is 93.6 cm³/mol. The Hall–Kier alpha value is -1.30. The van der Waals surface area contributed by atoms with Crippen molar-refractivity contribution in [3.8, 4) is 0 Å². The highest BCUT2D eigenvalue weighted by Crippen LogP contribution is 2.31. The summed E-state index contributed by atoms with van der Waals surface area (Å²) in [7, 11) is 0. The van der Waals surface area contributed by atoms with Gasteiger partial charge in [-0.3, -0.25) is 9.59 Å². The van der Waals surface area contributed by atoms with Gasteiger partial charge in [0.15, 0.2) is 0 Å². The van der Waals surface area contributed by atoms with Crippen molar-refractivity contribution in [1.29, 1.82) is 0 Å². The summed E-state index contributed by atoms with van der Waals surface area (Å²) in [5.74, 6) is 0.245. The largest absolute Gasteiger partial charge is 0.354 e. The van der Waals surface area contributed by atoms with Gasteiger partial charge < -0.3 is 16.4 Å². The van der Waals surface area contributed by atoms with Gasteiger partial charge in [0.05, 0.1) is 12.5 Å². The number of halogens is 2. The first-order chi connectivity index (χ1) is 10.5. The molecule has 5 nitrogen and oxygen atoms in total. The van der Waals surface area contributed by atoms with E-state index in [1.165, 1.54) is 6.92 Å².